The predicted octanol–water partition coefficient (Wildman–Crippen LogP) is 5.71. The van der Waals surface area contributed by atoms with E-state index in [0.717, 1.165) is 38.3 Å². The van der Waals surface area contributed by atoms with Gasteiger partial charge < -0.3 is 15.3 Å². The molecule has 6 rings (SSSR count). The molecule has 0 aliphatic rings. The van der Waals surface area contributed by atoms with Gasteiger partial charge in [-0.3, -0.25) is 9.59 Å². The molecule has 3 heterocycles. The van der Waals surface area contributed by atoms with Crippen molar-refractivity contribution in [1.29, 1.82) is 0 Å². The van der Waals surface area contributed by atoms with Gasteiger partial charge in [0.1, 0.15) is 11.4 Å². The summed E-state index contributed by atoms with van der Waals surface area (Å²) in [6, 6.07) is 25.1. The Balaban J connectivity index is 1.34. The molecule has 36 heavy (non-hydrogen) atoms. The third-order valence-electron chi connectivity index (χ3n) is 6.61. The molecule has 3 N–H and O–H groups in total. The summed E-state index contributed by atoms with van der Waals surface area (Å²) in [5.74, 6) is -0.528. The first kappa shape index (κ1) is 21.8. The second-order valence-electron chi connectivity index (χ2n) is 9.01. The maximum absolute atomic E-state index is 13.5. The van der Waals surface area contributed by atoms with Gasteiger partial charge in [-0.2, -0.15) is 0 Å². The lowest BCUT2D eigenvalue weighted by atomic mass is 10.0. The first-order valence-electron chi connectivity index (χ1n) is 11.9. The number of fused-ring (bicyclic) bond motifs is 4. The van der Waals surface area contributed by atoms with Gasteiger partial charge in [-0.25, -0.2) is 4.98 Å². The van der Waals surface area contributed by atoms with Gasteiger partial charge in [0.2, 0.25) is 5.78 Å². The zero-order chi connectivity index (χ0) is 24.6. The molecule has 3 aromatic carbocycles. The number of hydrogen-bond acceptors (Lipinski definition) is 3. The number of nitrogens with zero attached hydrogens (tertiary/aromatic N) is 1. The summed E-state index contributed by atoms with van der Waals surface area (Å²) in [4.78, 5) is 37.9. The van der Waals surface area contributed by atoms with E-state index in [9.17, 15) is 9.59 Å². The van der Waals surface area contributed by atoms with Crippen molar-refractivity contribution in [2.45, 2.75) is 13.3 Å². The van der Waals surface area contributed by atoms with Crippen LogP contribution in [0.3, 0.4) is 0 Å². The Hall–Kier alpha value is -4.71. The van der Waals surface area contributed by atoms with Crippen molar-refractivity contribution >= 4 is 44.4 Å². The van der Waals surface area contributed by atoms with E-state index in [-0.39, 0.29) is 23.1 Å². The smallest absolute Gasteiger partial charge is 0.269 e. The van der Waals surface area contributed by atoms with Gasteiger partial charge in [-0.05, 0) is 37.1 Å². The van der Waals surface area contributed by atoms with Crippen molar-refractivity contribution in [2.24, 2.45) is 0 Å². The molecule has 0 spiro atoms. The zero-order valence-electron chi connectivity index (χ0n) is 19.8. The van der Waals surface area contributed by atoms with E-state index >= 15 is 0 Å². The van der Waals surface area contributed by atoms with E-state index in [1.165, 1.54) is 0 Å². The van der Waals surface area contributed by atoms with Crippen molar-refractivity contribution in [3.8, 4) is 0 Å². The molecule has 0 saturated heterocycles. The number of rotatable bonds is 6. The minimum Gasteiger partial charge on any atom is -0.361 e. The van der Waals surface area contributed by atoms with E-state index < -0.39 is 0 Å². The Morgan fingerprint density at radius 2 is 1.58 bits per heavy atom. The highest BCUT2D eigenvalue weighted by Gasteiger charge is 2.21. The molecule has 0 aliphatic heterocycles. The van der Waals surface area contributed by atoms with Crippen LogP contribution < -0.4 is 5.32 Å². The van der Waals surface area contributed by atoms with E-state index in [1.807, 2.05) is 67.7 Å². The average Bonchev–Trinajstić information content (AvgIpc) is 3.49. The lowest BCUT2D eigenvalue weighted by molar-refractivity contribution is 0.0949. The summed E-state index contributed by atoms with van der Waals surface area (Å²) in [6.45, 7) is 2.43. The summed E-state index contributed by atoms with van der Waals surface area (Å²) in [7, 11) is 0. The van der Waals surface area contributed by atoms with Crippen molar-refractivity contribution in [3.05, 3.63) is 113 Å². The normalized spacial score (nSPS) is 11.4. The van der Waals surface area contributed by atoms with Crippen LogP contribution >= 0.6 is 0 Å². The maximum atomic E-state index is 13.5. The van der Waals surface area contributed by atoms with E-state index in [2.05, 4.69) is 26.3 Å². The molecule has 0 unspecified atom stereocenters. The number of benzene rings is 3. The zero-order valence-corrected chi connectivity index (χ0v) is 19.8. The van der Waals surface area contributed by atoms with Crippen LogP contribution in [0.1, 0.15) is 37.7 Å². The van der Waals surface area contributed by atoms with Gasteiger partial charge in [0.05, 0.1) is 5.52 Å². The van der Waals surface area contributed by atoms with Crippen LogP contribution in [0.5, 0.6) is 0 Å². The molecule has 6 heteroatoms. The monoisotopic (exact) mass is 472 g/mol. The highest BCUT2D eigenvalue weighted by Crippen LogP contribution is 2.29. The number of ketones is 1. The van der Waals surface area contributed by atoms with E-state index in [0.29, 0.717) is 24.0 Å². The van der Waals surface area contributed by atoms with Gasteiger partial charge in [-0.15, -0.1) is 0 Å². The number of carbonyl (C=O) groups excluding carboxylic acids is 2. The molecular weight excluding hydrogens is 448 g/mol. The molecule has 1 amide bonds. The first-order valence-corrected chi connectivity index (χ1v) is 11.9. The minimum absolute atomic E-state index is 0.222. The quantitative estimate of drug-likeness (QED) is 0.271. The van der Waals surface area contributed by atoms with E-state index in [1.54, 1.807) is 18.2 Å². The van der Waals surface area contributed by atoms with Crippen LogP contribution in [0, 0.1) is 6.92 Å². The second-order valence-corrected chi connectivity index (χ2v) is 9.01. The predicted molar refractivity (Wildman–Crippen MR) is 143 cm³/mol. The molecule has 6 aromatic rings. The number of pyridine rings is 1. The van der Waals surface area contributed by atoms with Crippen LogP contribution in [0.15, 0.2) is 85.1 Å². The van der Waals surface area contributed by atoms with Gasteiger partial charge in [0.15, 0.2) is 0 Å². The van der Waals surface area contributed by atoms with Gasteiger partial charge >= 0.3 is 0 Å². The number of carbonyl (C=O) groups is 2. The third-order valence-corrected chi connectivity index (χ3v) is 6.61. The van der Waals surface area contributed by atoms with Crippen molar-refractivity contribution in [2.75, 3.05) is 6.54 Å². The molecule has 0 saturated carbocycles. The summed E-state index contributed by atoms with van der Waals surface area (Å²) >= 11 is 0. The lowest BCUT2D eigenvalue weighted by Crippen LogP contribution is -2.27. The summed E-state index contributed by atoms with van der Waals surface area (Å²) < 4.78 is 0. The number of amides is 1. The SMILES string of the molecule is Cc1ccc(C(=O)c2nc(C(=O)NCCc3c[nH]c4ccccc34)cc3c2[nH]c2ccccc23)cc1. The van der Waals surface area contributed by atoms with Crippen LogP contribution in [0.25, 0.3) is 32.7 Å². The van der Waals surface area contributed by atoms with Crippen LogP contribution in [-0.2, 0) is 6.42 Å². The minimum atomic E-state index is -0.306. The first-order chi connectivity index (χ1) is 17.6. The number of aryl methyl sites for hydroxylation is 1. The number of para-hydroxylation sites is 2. The number of aromatic amines is 2. The molecule has 0 fully saturated rings. The maximum Gasteiger partial charge on any atom is 0.269 e. The van der Waals surface area contributed by atoms with Gasteiger partial charge in [0, 0.05) is 45.5 Å². The largest absolute Gasteiger partial charge is 0.361 e. The van der Waals surface area contributed by atoms with Crippen LogP contribution in [-0.4, -0.2) is 33.2 Å². The fourth-order valence-corrected chi connectivity index (χ4v) is 4.71. The molecule has 0 bridgehead atoms. The molecule has 0 atom stereocenters. The third kappa shape index (κ3) is 3.82. The van der Waals surface area contributed by atoms with E-state index in [4.69, 9.17) is 0 Å². The Morgan fingerprint density at radius 3 is 2.39 bits per heavy atom. The van der Waals surface area contributed by atoms with Gasteiger partial charge in [-0.1, -0.05) is 66.2 Å². The molecule has 3 aromatic heterocycles. The summed E-state index contributed by atoms with van der Waals surface area (Å²) in [6.07, 6.45) is 2.66. The van der Waals surface area contributed by atoms with Crippen molar-refractivity contribution in [1.82, 2.24) is 20.3 Å². The topological polar surface area (TPSA) is 90.6 Å². The number of hydrogen-bond donors (Lipinski definition) is 3. The molecule has 0 radical (unpaired) electrons. The van der Waals surface area contributed by atoms with Gasteiger partial charge in [0.25, 0.3) is 5.91 Å². The highest BCUT2D eigenvalue weighted by atomic mass is 16.2. The molecular formula is C30H24N4O2. The molecule has 0 aliphatic carbocycles. The van der Waals surface area contributed by atoms with Crippen LogP contribution in [0.4, 0.5) is 0 Å². The highest BCUT2D eigenvalue weighted by molar-refractivity contribution is 6.20. The van der Waals surface area contributed by atoms with Crippen molar-refractivity contribution < 1.29 is 9.59 Å². The number of aromatic nitrogens is 3. The number of nitrogens with one attached hydrogen (secondary N) is 3. The average molecular weight is 473 g/mol. The molecule has 176 valence electrons. The Labute approximate surface area is 207 Å². The molecule has 6 nitrogen and oxygen atoms in total. The Morgan fingerprint density at radius 1 is 0.861 bits per heavy atom. The van der Waals surface area contributed by atoms with Crippen LogP contribution in [0.2, 0.25) is 0 Å². The Kier molecular flexibility index (Phi) is 5.34. The Bertz CT molecular complexity index is 1760. The summed E-state index contributed by atoms with van der Waals surface area (Å²) in [5, 5.41) is 5.88. The fourth-order valence-electron chi connectivity index (χ4n) is 4.71. The standard InChI is InChI=1S/C30H24N4O2/c1-18-10-12-19(13-11-18)29(35)28-27-23(22-7-3-5-9-25(22)33-27)16-26(34-28)30(36)31-15-14-20-17-32-24-8-4-2-6-21(20)24/h2-13,16-17,32-33H,14-15H2,1H3,(H,31,36). The fraction of sp³-hybridized carbons (Fsp3) is 0.100. The van der Waals surface area contributed by atoms with Crippen molar-refractivity contribution in [3.63, 3.8) is 0 Å². The number of H-pyrrole nitrogens is 2. The second kappa shape index (κ2) is 8.82. The summed E-state index contributed by atoms with van der Waals surface area (Å²) in [5.41, 5.74) is 5.81. The lowest BCUT2D eigenvalue weighted by Gasteiger charge is -2.08.